The van der Waals surface area contributed by atoms with Gasteiger partial charge in [0, 0.05) is 34.8 Å². The number of carbonyl (C=O) groups excluding carboxylic acids is 1. The van der Waals surface area contributed by atoms with Crippen molar-refractivity contribution in [2.24, 2.45) is 4.99 Å². The second-order valence-electron chi connectivity index (χ2n) is 13.5. The first kappa shape index (κ1) is 35.9. The molecule has 0 saturated carbocycles. The summed E-state index contributed by atoms with van der Waals surface area (Å²) < 4.78 is 21.0. The Morgan fingerprint density at radius 1 is 1.08 bits per heavy atom. The van der Waals surface area contributed by atoms with Gasteiger partial charge in [-0.3, -0.25) is 4.57 Å². The molecule has 2 aromatic carbocycles. The van der Waals surface area contributed by atoms with Crippen LogP contribution in [0.4, 0.5) is 21.8 Å². The number of ether oxygens (including phenoxy) is 3. The highest BCUT2D eigenvalue weighted by Gasteiger charge is 2.31. The van der Waals surface area contributed by atoms with Gasteiger partial charge in [-0.05, 0) is 55.6 Å². The van der Waals surface area contributed by atoms with E-state index in [1.807, 2.05) is 55.3 Å². The number of thiazole rings is 2. The fourth-order valence-corrected chi connectivity index (χ4v) is 8.36. The molecule has 0 spiro atoms. The lowest BCUT2D eigenvalue weighted by Crippen LogP contribution is -2.24. The van der Waals surface area contributed by atoms with Crippen molar-refractivity contribution in [1.82, 2.24) is 19.7 Å². The van der Waals surface area contributed by atoms with Crippen LogP contribution in [0.5, 0.6) is 0 Å². The van der Waals surface area contributed by atoms with Gasteiger partial charge in [0.25, 0.3) is 0 Å². The lowest BCUT2D eigenvalue weighted by molar-refractivity contribution is 0.0518. The van der Waals surface area contributed by atoms with Crippen LogP contribution in [-0.4, -0.2) is 73.2 Å². The first-order chi connectivity index (χ1) is 24.1. The highest BCUT2D eigenvalue weighted by atomic mass is 32.1. The summed E-state index contributed by atoms with van der Waals surface area (Å²) in [6.07, 6.45) is 0.910. The van der Waals surface area contributed by atoms with Crippen molar-refractivity contribution in [3.05, 3.63) is 82.3 Å². The molecule has 6 rings (SSSR count). The van der Waals surface area contributed by atoms with E-state index in [1.54, 1.807) is 18.3 Å². The van der Waals surface area contributed by atoms with Gasteiger partial charge in [0.1, 0.15) is 11.7 Å². The molecule has 264 valence electrons. The summed E-state index contributed by atoms with van der Waals surface area (Å²) in [5.74, 6) is 0.696. The summed E-state index contributed by atoms with van der Waals surface area (Å²) >= 11 is 3.04. The molecule has 0 aliphatic carbocycles. The number of hydrogen-bond acceptors (Lipinski definition) is 12. The van der Waals surface area contributed by atoms with Crippen LogP contribution in [0.2, 0.25) is 25.7 Å². The van der Waals surface area contributed by atoms with Crippen molar-refractivity contribution >= 4 is 68.7 Å². The van der Waals surface area contributed by atoms with E-state index >= 15 is 0 Å². The van der Waals surface area contributed by atoms with Gasteiger partial charge in [-0.25, -0.2) is 9.78 Å². The number of anilines is 3. The highest BCUT2D eigenvalue weighted by Crippen LogP contribution is 2.38. The summed E-state index contributed by atoms with van der Waals surface area (Å²) in [5.41, 5.74) is 3.39. The van der Waals surface area contributed by atoms with Crippen LogP contribution >= 0.6 is 22.7 Å². The van der Waals surface area contributed by atoms with Gasteiger partial charge in [0.05, 0.1) is 29.5 Å². The van der Waals surface area contributed by atoms with E-state index < -0.39 is 14.0 Å². The second-order valence-corrected chi connectivity index (χ2v) is 21.1. The van der Waals surface area contributed by atoms with Crippen LogP contribution in [-0.2, 0) is 27.5 Å². The van der Waals surface area contributed by atoms with Gasteiger partial charge in [-0.15, -0.1) is 10.2 Å². The molecule has 5 aromatic rings. The molecule has 50 heavy (non-hydrogen) atoms. The molecule has 0 amide bonds. The largest absolute Gasteiger partial charge is 0.461 e. The molecule has 14 heteroatoms. The maximum Gasteiger partial charge on any atom is 0.360 e. The topological polar surface area (TPSA) is 107 Å². The Hall–Kier alpha value is -3.95. The summed E-state index contributed by atoms with van der Waals surface area (Å²) in [5, 5.41) is 10.5. The van der Waals surface area contributed by atoms with Crippen molar-refractivity contribution in [2.45, 2.75) is 65.4 Å². The third kappa shape index (κ3) is 8.67. The first-order valence-electron chi connectivity index (χ1n) is 17.0. The Bertz CT molecular complexity index is 1990. The van der Waals surface area contributed by atoms with E-state index in [9.17, 15) is 4.79 Å². The quantitative estimate of drug-likeness (QED) is 0.0651. The number of esters is 1. The van der Waals surface area contributed by atoms with Crippen molar-refractivity contribution in [3.63, 3.8) is 0 Å². The molecule has 4 heterocycles. The number of nitrogens with zero attached hydrogens (tertiary/aromatic N) is 7. The van der Waals surface area contributed by atoms with Gasteiger partial charge in [-0.1, -0.05) is 84.8 Å². The van der Waals surface area contributed by atoms with Gasteiger partial charge in [0.15, 0.2) is 27.3 Å². The first-order valence-corrected chi connectivity index (χ1v) is 22.3. The summed E-state index contributed by atoms with van der Waals surface area (Å²) in [7, 11) is 0.679. The van der Waals surface area contributed by atoms with Gasteiger partial charge < -0.3 is 24.0 Å². The van der Waals surface area contributed by atoms with Crippen LogP contribution in [0.3, 0.4) is 0 Å². The number of benzene rings is 2. The normalized spacial score (nSPS) is 15.3. The molecule has 3 aromatic heterocycles. The number of carbonyl (C=O) groups is 1. The molecule has 0 unspecified atom stereocenters. The predicted octanol–water partition coefficient (Wildman–Crippen LogP) is 7.54. The van der Waals surface area contributed by atoms with Crippen molar-refractivity contribution in [2.75, 3.05) is 43.2 Å². The molecule has 1 atom stereocenters. The molecule has 1 aliphatic heterocycles. The maximum absolute atomic E-state index is 13.1. The smallest absolute Gasteiger partial charge is 0.360 e. The standard InChI is InChI=1S/C36H45N7O4S2Si/c1-7-46-34(44)31-33(42-18-17-27(22-42)47-23-26-13-9-8-10-14-26)49-35(37-31)41(3)30-21-25(2)32(40-39-30)38-36-43(24-45-19-20-50(4,5)6)28-15-11-12-16-29(28)48-36/h8-16,21,27H,7,17-20,22-24H2,1-6H3/t27-/m1/s1. The Morgan fingerprint density at radius 3 is 2.62 bits per heavy atom. The molecule has 1 saturated heterocycles. The highest BCUT2D eigenvalue weighted by molar-refractivity contribution is 7.20. The number of para-hydroxylation sites is 1. The monoisotopic (exact) mass is 731 g/mol. The lowest BCUT2D eigenvalue weighted by atomic mass is 10.2. The number of rotatable bonds is 14. The van der Waals surface area contributed by atoms with E-state index in [0.29, 0.717) is 42.3 Å². The molecule has 1 aliphatic rings. The number of fused-ring (bicyclic) bond motifs is 1. The minimum absolute atomic E-state index is 0.0506. The van der Waals surface area contributed by atoms with Gasteiger partial charge >= 0.3 is 5.97 Å². The summed E-state index contributed by atoms with van der Waals surface area (Å²) in [4.78, 5) is 27.6. The fourth-order valence-electron chi connectivity index (χ4n) is 5.52. The maximum atomic E-state index is 13.1. The Morgan fingerprint density at radius 2 is 1.86 bits per heavy atom. The lowest BCUT2D eigenvalue weighted by Gasteiger charge is -2.18. The van der Waals surface area contributed by atoms with Crippen LogP contribution in [0.1, 0.15) is 35.0 Å². The summed E-state index contributed by atoms with van der Waals surface area (Å²) in [6, 6.07) is 21.5. The number of aryl methyl sites for hydroxylation is 1. The minimum Gasteiger partial charge on any atom is -0.461 e. The zero-order chi connectivity index (χ0) is 35.3. The SMILES string of the molecule is CCOC(=O)c1nc(N(C)c2cc(C)c(N=c3sc4ccccc4n3COCC[Si](C)(C)C)nn2)sc1N1CC[C@@H](OCc2ccccc2)C1. The Kier molecular flexibility index (Phi) is 11.4. The van der Waals surface area contributed by atoms with Crippen molar-refractivity contribution in [1.29, 1.82) is 0 Å². The molecule has 0 radical (unpaired) electrons. The predicted molar refractivity (Wildman–Crippen MR) is 204 cm³/mol. The Balaban J connectivity index is 1.22. The average molecular weight is 732 g/mol. The van der Waals surface area contributed by atoms with Gasteiger partial charge in [0.2, 0.25) is 0 Å². The molecule has 11 nitrogen and oxygen atoms in total. The van der Waals surface area contributed by atoms with Crippen LogP contribution < -0.4 is 14.6 Å². The fraction of sp³-hybridized carbons (Fsp3) is 0.417. The molecule has 0 bridgehead atoms. The third-order valence-electron chi connectivity index (χ3n) is 8.41. The number of aromatic nitrogens is 4. The average Bonchev–Trinajstić information content (AvgIpc) is 3.84. The van der Waals surface area contributed by atoms with Crippen molar-refractivity contribution < 1.29 is 19.0 Å². The molecular weight excluding hydrogens is 687 g/mol. The van der Waals surface area contributed by atoms with Crippen molar-refractivity contribution in [3.8, 4) is 0 Å². The van der Waals surface area contributed by atoms with Crippen LogP contribution in [0.15, 0.2) is 65.7 Å². The zero-order valence-corrected chi connectivity index (χ0v) is 32.2. The van der Waals surface area contributed by atoms with E-state index in [-0.39, 0.29) is 12.7 Å². The zero-order valence-electron chi connectivity index (χ0n) is 29.6. The second kappa shape index (κ2) is 15.9. The number of hydrogen-bond donors (Lipinski definition) is 0. The summed E-state index contributed by atoms with van der Waals surface area (Å²) in [6.45, 7) is 14.2. The van der Waals surface area contributed by atoms with E-state index in [2.05, 4.69) is 63.6 Å². The third-order valence-corrected chi connectivity index (χ3v) is 12.4. The van der Waals surface area contributed by atoms with Gasteiger partial charge in [-0.2, -0.15) is 4.99 Å². The molecular formula is C36H45N7O4S2Si. The Labute approximate surface area is 302 Å². The van der Waals surface area contributed by atoms with Crippen LogP contribution in [0, 0.1) is 6.92 Å². The van der Waals surface area contributed by atoms with E-state index in [1.165, 1.54) is 11.3 Å². The molecule has 0 N–H and O–H groups in total. The van der Waals surface area contributed by atoms with Crippen LogP contribution in [0.25, 0.3) is 10.2 Å². The molecule has 1 fully saturated rings. The minimum atomic E-state index is -1.20. The van der Waals surface area contributed by atoms with E-state index in [4.69, 9.17) is 24.2 Å². The van der Waals surface area contributed by atoms with E-state index in [0.717, 1.165) is 56.8 Å².